The van der Waals surface area contributed by atoms with Crippen LogP contribution in [0, 0.1) is 6.42 Å². The van der Waals surface area contributed by atoms with Crippen LogP contribution >= 0.6 is 0 Å². The van der Waals surface area contributed by atoms with E-state index in [1.807, 2.05) is 0 Å². The summed E-state index contributed by atoms with van der Waals surface area (Å²) < 4.78 is 0.951. The van der Waals surface area contributed by atoms with E-state index >= 15 is 0 Å². The Bertz CT molecular complexity index is 336. The molecule has 1 radical (unpaired) electrons. The van der Waals surface area contributed by atoms with Crippen LogP contribution in [0.1, 0.15) is 6.23 Å². The lowest BCUT2D eigenvalue weighted by Crippen LogP contribution is -2.27. The number of nitrogens with two attached hydrogens (primary N) is 1. The summed E-state index contributed by atoms with van der Waals surface area (Å²) in [5.74, 6) is 0.0949. The standard InChI is InChI=1S/C7H10N3O3/c8-5-1-3-10(7(13)9-5)6(12)2-4-11/h1-3,6,11-12H,4H2,(H2,8,9,13)/t6-/m0/s1. The molecule has 0 amide bonds. The molecule has 4 N–H and O–H groups in total. The fourth-order valence-corrected chi connectivity index (χ4v) is 0.835. The lowest BCUT2D eigenvalue weighted by molar-refractivity contribution is 0.115. The van der Waals surface area contributed by atoms with E-state index in [9.17, 15) is 9.90 Å². The molecule has 1 heterocycles. The molecule has 0 fully saturated rings. The Labute approximate surface area is 74.3 Å². The Hall–Kier alpha value is -1.40. The van der Waals surface area contributed by atoms with E-state index in [1.54, 1.807) is 0 Å². The van der Waals surface area contributed by atoms with Gasteiger partial charge < -0.3 is 15.9 Å². The highest BCUT2D eigenvalue weighted by Crippen LogP contribution is 2.01. The van der Waals surface area contributed by atoms with Gasteiger partial charge in [-0.25, -0.2) is 4.79 Å². The van der Waals surface area contributed by atoms with Crippen LogP contribution in [0.2, 0.25) is 0 Å². The van der Waals surface area contributed by atoms with Gasteiger partial charge in [0.2, 0.25) is 0 Å². The van der Waals surface area contributed by atoms with E-state index < -0.39 is 11.9 Å². The molecule has 0 aliphatic carbocycles. The van der Waals surface area contributed by atoms with Crippen molar-refractivity contribution in [2.24, 2.45) is 0 Å². The molecule has 0 saturated heterocycles. The molecular formula is C7H10N3O3. The minimum Gasteiger partial charge on any atom is -0.396 e. The summed E-state index contributed by atoms with van der Waals surface area (Å²) in [7, 11) is 0. The number of aromatic nitrogens is 2. The van der Waals surface area contributed by atoms with Crippen LogP contribution in [0.25, 0.3) is 0 Å². The monoisotopic (exact) mass is 184 g/mol. The fourth-order valence-electron chi connectivity index (χ4n) is 0.835. The van der Waals surface area contributed by atoms with Crippen molar-refractivity contribution in [3.63, 3.8) is 0 Å². The van der Waals surface area contributed by atoms with Gasteiger partial charge in [0.1, 0.15) is 12.0 Å². The molecule has 0 aromatic carbocycles. The molecule has 1 rings (SSSR count). The van der Waals surface area contributed by atoms with E-state index in [0.29, 0.717) is 0 Å². The maximum absolute atomic E-state index is 11.1. The van der Waals surface area contributed by atoms with Crippen molar-refractivity contribution in [1.82, 2.24) is 9.55 Å². The first-order valence-electron chi connectivity index (χ1n) is 3.62. The first-order valence-corrected chi connectivity index (χ1v) is 3.62. The average molecular weight is 184 g/mol. The van der Waals surface area contributed by atoms with Crippen molar-refractivity contribution in [1.29, 1.82) is 0 Å². The third kappa shape index (κ3) is 2.27. The second kappa shape index (κ2) is 4.01. The van der Waals surface area contributed by atoms with Gasteiger partial charge in [0, 0.05) is 12.6 Å². The van der Waals surface area contributed by atoms with E-state index in [4.69, 9.17) is 10.8 Å². The zero-order chi connectivity index (χ0) is 9.84. The summed E-state index contributed by atoms with van der Waals surface area (Å²) in [6.07, 6.45) is 1.28. The van der Waals surface area contributed by atoms with Gasteiger partial charge in [-0.15, -0.1) is 0 Å². The average Bonchev–Trinajstić information content (AvgIpc) is 2.04. The highest BCUT2D eigenvalue weighted by molar-refractivity contribution is 5.23. The maximum Gasteiger partial charge on any atom is 0.351 e. The zero-order valence-corrected chi connectivity index (χ0v) is 6.79. The SMILES string of the molecule is Nc1ccn([C@@H](O)[CH]CO)c(=O)n1. The lowest BCUT2D eigenvalue weighted by Gasteiger charge is -2.10. The Kier molecular flexibility index (Phi) is 2.99. The molecule has 13 heavy (non-hydrogen) atoms. The summed E-state index contributed by atoms with van der Waals surface area (Å²) in [4.78, 5) is 14.5. The van der Waals surface area contributed by atoms with Crippen molar-refractivity contribution in [3.05, 3.63) is 29.2 Å². The topological polar surface area (TPSA) is 101 Å². The number of aliphatic hydroxyl groups is 2. The van der Waals surface area contributed by atoms with Crippen LogP contribution in [0.4, 0.5) is 5.82 Å². The van der Waals surface area contributed by atoms with Gasteiger partial charge in [0.15, 0.2) is 0 Å². The van der Waals surface area contributed by atoms with E-state index in [2.05, 4.69) is 4.98 Å². The summed E-state index contributed by atoms with van der Waals surface area (Å²) in [6.45, 7) is -0.321. The van der Waals surface area contributed by atoms with Gasteiger partial charge in [-0.05, 0) is 6.07 Å². The molecule has 71 valence electrons. The van der Waals surface area contributed by atoms with Gasteiger partial charge in [-0.3, -0.25) is 4.57 Å². The third-order valence-corrected chi connectivity index (χ3v) is 1.45. The summed E-state index contributed by atoms with van der Waals surface area (Å²) in [5, 5.41) is 17.7. The van der Waals surface area contributed by atoms with Crippen molar-refractivity contribution in [3.8, 4) is 0 Å². The maximum atomic E-state index is 11.1. The van der Waals surface area contributed by atoms with Gasteiger partial charge >= 0.3 is 5.69 Å². The molecule has 6 heteroatoms. The minimum absolute atomic E-state index is 0.0949. The third-order valence-electron chi connectivity index (χ3n) is 1.45. The van der Waals surface area contributed by atoms with Crippen LogP contribution in [-0.2, 0) is 0 Å². The van der Waals surface area contributed by atoms with Crippen LogP contribution < -0.4 is 11.4 Å². The molecule has 0 aliphatic heterocycles. The first kappa shape index (κ1) is 9.69. The predicted molar refractivity (Wildman–Crippen MR) is 45.6 cm³/mol. The van der Waals surface area contributed by atoms with E-state index in [-0.39, 0.29) is 12.4 Å². The number of hydrogen-bond donors (Lipinski definition) is 3. The van der Waals surface area contributed by atoms with Crippen LogP contribution in [0.3, 0.4) is 0 Å². The molecule has 0 spiro atoms. The minimum atomic E-state index is -1.18. The van der Waals surface area contributed by atoms with Crippen molar-refractivity contribution in [2.45, 2.75) is 6.23 Å². The van der Waals surface area contributed by atoms with Crippen molar-refractivity contribution in [2.75, 3.05) is 12.3 Å². The second-order valence-electron chi connectivity index (χ2n) is 2.37. The lowest BCUT2D eigenvalue weighted by atomic mass is 10.4. The Morgan fingerprint density at radius 2 is 2.46 bits per heavy atom. The zero-order valence-electron chi connectivity index (χ0n) is 6.79. The van der Waals surface area contributed by atoms with Gasteiger partial charge in [-0.2, -0.15) is 4.98 Å². The van der Waals surface area contributed by atoms with Crippen LogP contribution in [-0.4, -0.2) is 26.4 Å². The first-order chi connectivity index (χ1) is 6.15. The van der Waals surface area contributed by atoms with Gasteiger partial charge in [0.05, 0.1) is 6.61 Å². The van der Waals surface area contributed by atoms with Crippen molar-refractivity contribution >= 4 is 5.82 Å². The molecule has 6 nitrogen and oxygen atoms in total. The van der Waals surface area contributed by atoms with Crippen molar-refractivity contribution < 1.29 is 10.2 Å². The van der Waals surface area contributed by atoms with Crippen LogP contribution in [0.5, 0.6) is 0 Å². The highest BCUT2D eigenvalue weighted by atomic mass is 16.3. The molecule has 0 bridgehead atoms. The normalized spacial score (nSPS) is 12.8. The Balaban J connectivity index is 2.95. The predicted octanol–water partition coefficient (Wildman–Crippen LogP) is -1.49. The van der Waals surface area contributed by atoms with Gasteiger partial charge in [-0.1, -0.05) is 0 Å². The summed E-state index contributed by atoms with van der Waals surface area (Å²) >= 11 is 0. The number of nitrogens with zero attached hydrogens (tertiary/aromatic N) is 2. The molecule has 0 unspecified atom stereocenters. The molecule has 1 aromatic rings. The number of anilines is 1. The number of rotatable bonds is 3. The highest BCUT2D eigenvalue weighted by Gasteiger charge is 2.07. The number of aliphatic hydroxyl groups excluding tert-OH is 2. The fraction of sp³-hybridized carbons (Fsp3) is 0.286. The van der Waals surface area contributed by atoms with Crippen LogP contribution in [0.15, 0.2) is 17.1 Å². The Morgan fingerprint density at radius 1 is 1.77 bits per heavy atom. The molecule has 1 atom stereocenters. The summed E-state index contributed by atoms with van der Waals surface area (Å²) in [5.41, 5.74) is 4.58. The largest absolute Gasteiger partial charge is 0.396 e. The second-order valence-corrected chi connectivity index (χ2v) is 2.37. The molecule has 0 saturated carbocycles. The smallest absolute Gasteiger partial charge is 0.351 e. The number of nitrogen functional groups attached to an aromatic ring is 1. The quantitative estimate of drug-likeness (QED) is 0.531. The number of hydrogen-bond acceptors (Lipinski definition) is 5. The van der Waals surface area contributed by atoms with E-state index in [1.165, 1.54) is 12.3 Å². The molecular weight excluding hydrogens is 174 g/mol. The molecule has 0 aliphatic rings. The Morgan fingerprint density at radius 3 is 3.00 bits per heavy atom. The van der Waals surface area contributed by atoms with E-state index in [0.717, 1.165) is 11.0 Å². The van der Waals surface area contributed by atoms with Gasteiger partial charge in [0.25, 0.3) is 0 Å². The summed E-state index contributed by atoms with van der Waals surface area (Å²) in [6, 6.07) is 1.38. The molecule has 1 aromatic heterocycles.